The highest BCUT2D eigenvalue weighted by molar-refractivity contribution is 7.11. The molecule has 0 spiro atoms. The first kappa shape index (κ1) is 15.4. The maximum atomic E-state index is 12.0. The zero-order chi connectivity index (χ0) is 13.8. The monoisotopic (exact) mass is 280 g/mol. The molecule has 0 bridgehead atoms. The molecule has 1 aromatic rings. The Labute approximate surface area is 110 Å². The molecule has 0 fully saturated rings. The van der Waals surface area contributed by atoms with Gasteiger partial charge in [-0.15, -0.1) is 11.3 Å². The summed E-state index contributed by atoms with van der Waals surface area (Å²) in [5.41, 5.74) is 0. The summed E-state index contributed by atoms with van der Waals surface area (Å²) in [6, 6.07) is 0.149. The van der Waals surface area contributed by atoms with Crippen LogP contribution in [0.5, 0.6) is 0 Å². The molecular formula is C12H19F3N2S. The number of rotatable bonds is 6. The van der Waals surface area contributed by atoms with Gasteiger partial charge in [-0.1, -0.05) is 0 Å². The van der Waals surface area contributed by atoms with Gasteiger partial charge >= 0.3 is 6.18 Å². The van der Waals surface area contributed by atoms with Gasteiger partial charge in [0, 0.05) is 23.5 Å². The van der Waals surface area contributed by atoms with E-state index in [0.29, 0.717) is 6.42 Å². The summed E-state index contributed by atoms with van der Waals surface area (Å²) in [6.07, 6.45) is -2.25. The summed E-state index contributed by atoms with van der Waals surface area (Å²) >= 11 is 1.61. The lowest BCUT2D eigenvalue weighted by Crippen LogP contribution is -2.29. The second-order valence-corrected chi connectivity index (χ2v) is 5.87. The SMILES string of the molecule is Cc1cnc(C(C)NC(C)CCCC(F)(F)F)s1. The molecule has 104 valence electrons. The summed E-state index contributed by atoms with van der Waals surface area (Å²) in [4.78, 5) is 5.41. The zero-order valence-corrected chi connectivity index (χ0v) is 11.7. The van der Waals surface area contributed by atoms with Gasteiger partial charge in [0.05, 0.1) is 6.04 Å². The van der Waals surface area contributed by atoms with Crippen molar-refractivity contribution in [3.8, 4) is 0 Å². The Morgan fingerprint density at radius 3 is 2.56 bits per heavy atom. The normalized spacial score (nSPS) is 15.7. The molecule has 0 saturated carbocycles. The number of aryl methyl sites for hydroxylation is 1. The summed E-state index contributed by atoms with van der Waals surface area (Å²) in [5, 5.41) is 4.26. The fourth-order valence-electron chi connectivity index (χ4n) is 1.76. The van der Waals surface area contributed by atoms with Gasteiger partial charge in [0.25, 0.3) is 0 Å². The second-order valence-electron chi connectivity index (χ2n) is 4.61. The molecule has 1 aromatic heterocycles. The number of nitrogens with zero attached hydrogens (tertiary/aromatic N) is 1. The van der Waals surface area contributed by atoms with Crippen LogP contribution < -0.4 is 5.32 Å². The Balaban J connectivity index is 2.29. The minimum atomic E-state index is -4.04. The summed E-state index contributed by atoms with van der Waals surface area (Å²) in [5.74, 6) is 0. The largest absolute Gasteiger partial charge is 0.389 e. The quantitative estimate of drug-likeness (QED) is 0.843. The summed E-state index contributed by atoms with van der Waals surface area (Å²) in [6.45, 7) is 5.88. The number of alkyl halides is 3. The van der Waals surface area contributed by atoms with E-state index in [1.165, 1.54) is 0 Å². The van der Waals surface area contributed by atoms with Crippen LogP contribution >= 0.6 is 11.3 Å². The van der Waals surface area contributed by atoms with Crippen LogP contribution in [0.2, 0.25) is 0 Å². The first-order valence-electron chi connectivity index (χ1n) is 6.03. The Bertz CT molecular complexity index is 362. The molecule has 0 amide bonds. The lowest BCUT2D eigenvalue weighted by Gasteiger charge is -2.18. The van der Waals surface area contributed by atoms with E-state index in [4.69, 9.17) is 0 Å². The third-order valence-corrected chi connectivity index (χ3v) is 3.74. The minimum absolute atomic E-state index is 0.0616. The van der Waals surface area contributed by atoms with Crippen molar-refractivity contribution in [2.75, 3.05) is 0 Å². The number of halogens is 3. The van der Waals surface area contributed by atoms with Crippen molar-refractivity contribution in [1.82, 2.24) is 10.3 Å². The molecule has 18 heavy (non-hydrogen) atoms. The number of nitrogens with one attached hydrogen (secondary N) is 1. The van der Waals surface area contributed by atoms with Gasteiger partial charge < -0.3 is 5.32 Å². The van der Waals surface area contributed by atoms with Crippen LogP contribution in [0, 0.1) is 6.92 Å². The molecule has 1 heterocycles. The lowest BCUT2D eigenvalue weighted by atomic mass is 10.1. The first-order valence-corrected chi connectivity index (χ1v) is 6.84. The number of hydrogen-bond acceptors (Lipinski definition) is 3. The van der Waals surface area contributed by atoms with Gasteiger partial charge in [-0.3, -0.25) is 0 Å². The maximum Gasteiger partial charge on any atom is 0.389 e. The van der Waals surface area contributed by atoms with E-state index in [0.717, 1.165) is 9.88 Å². The standard InChI is InChI=1S/C12H19F3N2S/c1-8(5-4-6-12(13,14)15)17-10(3)11-16-7-9(2)18-11/h7-8,10,17H,4-6H2,1-3H3. The topological polar surface area (TPSA) is 24.9 Å². The molecule has 2 atom stereocenters. The van der Waals surface area contributed by atoms with Crippen LogP contribution in [0.3, 0.4) is 0 Å². The average molecular weight is 280 g/mol. The van der Waals surface area contributed by atoms with E-state index in [1.54, 1.807) is 11.3 Å². The molecular weight excluding hydrogens is 261 g/mol. The Kier molecular flexibility index (Phi) is 5.59. The van der Waals surface area contributed by atoms with Crippen LogP contribution in [-0.2, 0) is 0 Å². The summed E-state index contributed by atoms with van der Waals surface area (Å²) in [7, 11) is 0. The van der Waals surface area contributed by atoms with Gasteiger partial charge in [0.1, 0.15) is 5.01 Å². The maximum absolute atomic E-state index is 12.0. The van der Waals surface area contributed by atoms with Gasteiger partial charge in [-0.2, -0.15) is 13.2 Å². The average Bonchev–Trinajstić information content (AvgIpc) is 2.62. The van der Waals surface area contributed by atoms with Crippen molar-refractivity contribution in [2.45, 2.75) is 58.3 Å². The Morgan fingerprint density at radius 1 is 1.39 bits per heavy atom. The van der Waals surface area contributed by atoms with Crippen LogP contribution in [0.15, 0.2) is 6.20 Å². The van der Waals surface area contributed by atoms with Crippen molar-refractivity contribution in [1.29, 1.82) is 0 Å². The van der Waals surface area contributed by atoms with E-state index in [-0.39, 0.29) is 18.5 Å². The van der Waals surface area contributed by atoms with E-state index >= 15 is 0 Å². The molecule has 0 saturated heterocycles. The molecule has 0 aliphatic rings. The highest BCUT2D eigenvalue weighted by Crippen LogP contribution is 2.24. The van der Waals surface area contributed by atoms with E-state index < -0.39 is 12.6 Å². The number of hydrogen-bond donors (Lipinski definition) is 1. The zero-order valence-electron chi connectivity index (χ0n) is 10.8. The van der Waals surface area contributed by atoms with Gasteiger partial charge in [-0.05, 0) is 33.6 Å². The van der Waals surface area contributed by atoms with Crippen molar-refractivity contribution in [3.63, 3.8) is 0 Å². The number of thiazole rings is 1. The minimum Gasteiger partial charge on any atom is -0.306 e. The highest BCUT2D eigenvalue weighted by Gasteiger charge is 2.26. The fourth-order valence-corrected chi connectivity index (χ4v) is 2.55. The first-order chi connectivity index (χ1) is 8.28. The lowest BCUT2D eigenvalue weighted by molar-refractivity contribution is -0.135. The molecule has 0 aliphatic heterocycles. The predicted molar refractivity (Wildman–Crippen MR) is 67.8 cm³/mol. The predicted octanol–water partition coefficient (Wildman–Crippen LogP) is 4.22. The molecule has 2 nitrogen and oxygen atoms in total. The molecule has 1 N–H and O–H groups in total. The fraction of sp³-hybridized carbons (Fsp3) is 0.750. The highest BCUT2D eigenvalue weighted by atomic mass is 32.1. The number of aromatic nitrogens is 1. The molecule has 6 heteroatoms. The summed E-state index contributed by atoms with van der Waals surface area (Å²) < 4.78 is 36.0. The smallest absolute Gasteiger partial charge is 0.306 e. The van der Waals surface area contributed by atoms with Crippen LogP contribution in [-0.4, -0.2) is 17.2 Å². The Morgan fingerprint density at radius 2 is 2.06 bits per heavy atom. The second kappa shape index (κ2) is 6.52. The van der Waals surface area contributed by atoms with Crippen molar-refractivity contribution < 1.29 is 13.2 Å². The van der Waals surface area contributed by atoms with E-state index in [9.17, 15) is 13.2 Å². The molecule has 0 radical (unpaired) electrons. The van der Waals surface area contributed by atoms with Gasteiger partial charge in [-0.25, -0.2) is 4.98 Å². The Hall–Kier alpha value is -0.620. The van der Waals surface area contributed by atoms with Crippen LogP contribution in [0.1, 0.15) is 49.0 Å². The van der Waals surface area contributed by atoms with Crippen molar-refractivity contribution in [2.24, 2.45) is 0 Å². The molecule has 0 aliphatic carbocycles. The van der Waals surface area contributed by atoms with Crippen molar-refractivity contribution >= 4 is 11.3 Å². The molecule has 1 rings (SSSR count). The van der Waals surface area contributed by atoms with Gasteiger partial charge in [0.2, 0.25) is 0 Å². The van der Waals surface area contributed by atoms with Crippen LogP contribution in [0.25, 0.3) is 0 Å². The van der Waals surface area contributed by atoms with Crippen molar-refractivity contribution in [3.05, 3.63) is 16.1 Å². The van der Waals surface area contributed by atoms with E-state index in [2.05, 4.69) is 10.3 Å². The molecule has 0 aromatic carbocycles. The van der Waals surface area contributed by atoms with Crippen LogP contribution in [0.4, 0.5) is 13.2 Å². The van der Waals surface area contributed by atoms with Gasteiger partial charge in [0.15, 0.2) is 0 Å². The third-order valence-electron chi connectivity index (χ3n) is 2.64. The van der Waals surface area contributed by atoms with E-state index in [1.807, 2.05) is 27.0 Å². The molecule has 2 unspecified atom stereocenters. The third kappa shape index (κ3) is 5.82.